The first-order valence-electron chi connectivity index (χ1n) is 7.27. The number of hydrogen-bond acceptors (Lipinski definition) is 3. The molecule has 120 valence electrons. The molecule has 22 heavy (non-hydrogen) atoms. The van der Waals surface area contributed by atoms with Gasteiger partial charge in [-0.2, -0.15) is 0 Å². The van der Waals surface area contributed by atoms with Crippen LogP contribution in [0, 0.1) is 5.82 Å². The fraction of sp³-hybridized carbons (Fsp3) is 0.533. The quantitative estimate of drug-likeness (QED) is 0.908. The number of nitrogens with one attached hydrogen (secondary N) is 1. The maximum absolute atomic E-state index is 13.1. The predicted molar refractivity (Wildman–Crippen MR) is 79.2 cm³/mol. The first kappa shape index (κ1) is 15.5. The molecule has 1 spiro atoms. The minimum atomic E-state index is -0.631. The van der Waals surface area contributed by atoms with Crippen LogP contribution in [0.2, 0.25) is 5.02 Å². The van der Waals surface area contributed by atoms with Crippen molar-refractivity contribution in [2.75, 3.05) is 26.3 Å². The number of benzene rings is 1. The van der Waals surface area contributed by atoms with Gasteiger partial charge in [0.05, 0.1) is 25.8 Å². The van der Waals surface area contributed by atoms with Crippen molar-refractivity contribution in [3.05, 3.63) is 34.6 Å². The molecule has 0 unspecified atom stereocenters. The van der Waals surface area contributed by atoms with Gasteiger partial charge in [-0.25, -0.2) is 9.18 Å². The molecule has 0 aliphatic carbocycles. The molecule has 2 aliphatic rings. The molecule has 2 saturated heterocycles. The number of carbonyl (C=O) groups excluding carboxylic acids is 1. The summed E-state index contributed by atoms with van der Waals surface area (Å²) in [5.74, 6) is -1.03. The Hall–Kier alpha value is -1.37. The van der Waals surface area contributed by atoms with Gasteiger partial charge in [-0.05, 0) is 24.6 Å². The molecule has 0 saturated carbocycles. The van der Waals surface area contributed by atoms with Gasteiger partial charge in [0.1, 0.15) is 5.82 Å². The molecule has 1 aromatic carbocycles. The van der Waals surface area contributed by atoms with Crippen molar-refractivity contribution >= 4 is 17.6 Å². The number of ether oxygens (including phenoxy) is 2. The van der Waals surface area contributed by atoms with E-state index in [4.69, 9.17) is 21.1 Å². The lowest BCUT2D eigenvalue weighted by Crippen LogP contribution is -2.42. The number of amides is 2. The monoisotopic (exact) mass is 328 g/mol. The third kappa shape index (κ3) is 3.04. The zero-order valence-electron chi connectivity index (χ0n) is 12.3. The highest BCUT2D eigenvalue weighted by Gasteiger charge is 2.44. The average molecular weight is 329 g/mol. The van der Waals surface area contributed by atoms with E-state index in [2.05, 4.69) is 5.32 Å². The van der Waals surface area contributed by atoms with Gasteiger partial charge in [0.2, 0.25) is 0 Å². The highest BCUT2D eigenvalue weighted by atomic mass is 35.5. The van der Waals surface area contributed by atoms with Gasteiger partial charge in [-0.3, -0.25) is 0 Å². The van der Waals surface area contributed by atoms with Crippen molar-refractivity contribution in [1.82, 2.24) is 10.2 Å². The summed E-state index contributed by atoms with van der Waals surface area (Å²) in [6.45, 7) is 3.94. The fourth-order valence-electron chi connectivity index (χ4n) is 2.87. The second-order valence-electron chi connectivity index (χ2n) is 5.62. The Morgan fingerprint density at radius 1 is 1.45 bits per heavy atom. The van der Waals surface area contributed by atoms with Crippen LogP contribution in [0.1, 0.15) is 24.9 Å². The van der Waals surface area contributed by atoms with Gasteiger partial charge >= 0.3 is 6.03 Å². The Kier molecular flexibility index (Phi) is 4.25. The van der Waals surface area contributed by atoms with Crippen molar-refractivity contribution in [2.24, 2.45) is 0 Å². The summed E-state index contributed by atoms with van der Waals surface area (Å²) in [7, 11) is 0. The van der Waals surface area contributed by atoms with Crippen LogP contribution in [0.15, 0.2) is 18.2 Å². The van der Waals surface area contributed by atoms with Crippen LogP contribution in [-0.2, 0) is 9.47 Å². The summed E-state index contributed by atoms with van der Waals surface area (Å²) in [5.41, 5.74) is 0.679. The third-order valence-corrected chi connectivity index (χ3v) is 4.39. The summed E-state index contributed by atoms with van der Waals surface area (Å²) >= 11 is 6.02. The number of carbonyl (C=O) groups is 1. The average Bonchev–Trinajstić information content (AvgIpc) is 3.09. The van der Waals surface area contributed by atoms with Crippen molar-refractivity contribution in [1.29, 1.82) is 0 Å². The van der Waals surface area contributed by atoms with E-state index in [0.717, 1.165) is 0 Å². The van der Waals surface area contributed by atoms with Gasteiger partial charge in [0, 0.05) is 18.0 Å². The molecule has 1 atom stereocenters. The van der Waals surface area contributed by atoms with Crippen molar-refractivity contribution in [3.8, 4) is 0 Å². The molecule has 1 N–H and O–H groups in total. The number of nitrogens with zero attached hydrogens (tertiary/aromatic N) is 1. The summed E-state index contributed by atoms with van der Waals surface area (Å²) in [4.78, 5) is 14.0. The fourth-order valence-corrected chi connectivity index (χ4v) is 3.20. The molecule has 3 rings (SSSR count). The van der Waals surface area contributed by atoms with E-state index in [-0.39, 0.29) is 12.1 Å². The molecule has 2 fully saturated rings. The maximum atomic E-state index is 13.1. The van der Waals surface area contributed by atoms with E-state index in [0.29, 0.717) is 43.3 Å². The van der Waals surface area contributed by atoms with Crippen LogP contribution in [0.3, 0.4) is 0 Å². The number of hydrogen-bond donors (Lipinski definition) is 1. The molecule has 2 heterocycles. The third-order valence-electron chi connectivity index (χ3n) is 4.06. The van der Waals surface area contributed by atoms with Crippen LogP contribution >= 0.6 is 11.6 Å². The molecule has 5 nitrogen and oxygen atoms in total. The summed E-state index contributed by atoms with van der Waals surface area (Å²) in [5, 5.41) is 3.17. The zero-order valence-corrected chi connectivity index (χ0v) is 13.0. The number of likely N-dealkylation sites (tertiary alicyclic amines) is 1. The Balaban J connectivity index is 1.62. The van der Waals surface area contributed by atoms with E-state index in [9.17, 15) is 9.18 Å². The Morgan fingerprint density at radius 2 is 2.18 bits per heavy atom. The Bertz CT molecular complexity index is 578. The van der Waals surface area contributed by atoms with Crippen LogP contribution in [-0.4, -0.2) is 43.0 Å². The van der Waals surface area contributed by atoms with E-state index >= 15 is 0 Å². The van der Waals surface area contributed by atoms with Gasteiger partial charge in [0.25, 0.3) is 0 Å². The van der Waals surface area contributed by atoms with E-state index < -0.39 is 11.6 Å². The second-order valence-corrected chi connectivity index (χ2v) is 6.02. The van der Waals surface area contributed by atoms with Crippen molar-refractivity contribution in [3.63, 3.8) is 0 Å². The van der Waals surface area contributed by atoms with Gasteiger partial charge in [-0.1, -0.05) is 17.7 Å². The summed E-state index contributed by atoms with van der Waals surface area (Å²) < 4.78 is 24.3. The number of halogens is 2. The molecule has 7 heteroatoms. The van der Waals surface area contributed by atoms with E-state index in [1.54, 1.807) is 11.0 Å². The molecule has 2 amide bonds. The standard InChI is InChI=1S/C15H18ClFN2O3/c1-10(12-3-2-11(17)8-13(12)16)18-14(20)19-5-4-15(9-19)21-6-7-22-15/h2-3,8,10H,4-7,9H2,1H3,(H,18,20)/t10-/m0/s1. The largest absolute Gasteiger partial charge is 0.346 e. The highest BCUT2D eigenvalue weighted by molar-refractivity contribution is 6.31. The van der Waals surface area contributed by atoms with Crippen LogP contribution < -0.4 is 5.32 Å². The van der Waals surface area contributed by atoms with Crippen molar-refractivity contribution in [2.45, 2.75) is 25.2 Å². The molecular weight excluding hydrogens is 311 g/mol. The smallest absolute Gasteiger partial charge is 0.318 e. The highest BCUT2D eigenvalue weighted by Crippen LogP contribution is 2.31. The zero-order chi connectivity index (χ0) is 15.7. The maximum Gasteiger partial charge on any atom is 0.318 e. The van der Waals surface area contributed by atoms with Crippen LogP contribution in [0.5, 0.6) is 0 Å². The minimum Gasteiger partial charge on any atom is -0.346 e. The normalized spacial score (nSPS) is 21.3. The Labute approximate surface area is 133 Å². The van der Waals surface area contributed by atoms with Crippen molar-refractivity contribution < 1.29 is 18.7 Å². The predicted octanol–water partition coefficient (Wildman–Crippen LogP) is 2.70. The second kappa shape index (κ2) is 6.02. The van der Waals surface area contributed by atoms with Crippen LogP contribution in [0.4, 0.5) is 9.18 Å². The topological polar surface area (TPSA) is 50.8 Å². The molecule has 0 aromatic heterocycles. The van der Waals surface area contributed by atoms with Gasteiger partial charge in [-0.15, -0.1) is 0 Å². The first-order chi connectivity index (χ1) is 10.5. The Morgan fingerprint density at radius 3 is 2.86 bits per heavy atom. The van der Waals surface area contributed by atoms with E-state index in [1.807, 2.05) is 6.92 Å². The van der Waals surface area contributed by atoms with Gasteiger partial charge in [0.15, 0.2) is 5.79 Å². The SMILES string of the molecule is C[C@H](NC(=O)N1CCC2(C1)OCCO2)c1ccc(F)cc1Cl. The summed E-state index contributed by atoms with van der Waals surface area (Å²) in [6.07, 6.45) is 0.673. The van der Waals surface area contributed by atoms with Gasteiger partial charge < -0.3 is 19.7 Å². The lowest BCUT2D eigenvalue weighted by molar-refractivity contribution is -0.143. The molecule has 1 aromatic rings. The number of rotatable bonds is 2. The molecular formula is C15H18ClFN2O3. The summed E-state index contributed by atoms with van der Waals surface area (Å²) in [6, 6.07) is 3.63. The van der Waals surface area contributed by atoms with Crippen LogP contribution in [0.25, 0.3) is 0 Å². The first-order valence-corrected chi connectivity index (χ1v) is 7.65. The lowest BCUT2D eigenvalue weighted by Gasteiger charge is -2.24. The number of urea groups is 1. The molecule has 0 bridgehead atoms. The molecule has 0 radical (unpaired) electrons. The lowest BCUT2D eigenvalue weighted by atomic mass is 10.1. The van der Waals surface area contributed by atoms with E-state index in [1.165, 1.54) is 12.1 Å². The minimum absolute atomic E-state index is 0.205. The molecule has 2 aliphatic heterocycles.